The molecule has 1 N–H and O–H groups in total. The van der Waals surface area contributed by atoms with E-state index in [9.17, 15) is 4.79 Å². The summed E-state index contributed by atoms with van der Waals surface area (Å²) in [6, 6.07) is 1.81. The molecular weight excluding hydrogens is 194 g/mol. The van der Waals surface area contributed by atoms with Crippen LogP contribution in [0.2, 0.25) is 0 Å². The molecule has 0 spiro atoms. The predicted octanol–water partition coefficient (Wildman–Crippen LogP) is -0.0427. The van der Waals surface area contributed by atoms with Gasteiger partial charge in [0.25, 0.3) is 0 Å². The van der Waals surface area contributed by atoms with Crippen molar-refractivity contribution in [3.63, 3.8) is 0 Å². The number of amides is 1. The minimum atomic E-state index is 0.129. The van der Waals surface area contributed by atoms with Crippen LogP contribution in [-0.4, -0.2) is 42.1 Å². The van der Waals surface area contributed by atoms with Gasteiger partial charge in [0.05, 0.1) is 12.1 Å². The minimum absolute atomic E-state index is 0.129. The van der Waals surface area contributed by atoms with E-state index >= 15 is 0 Å². The molecule has 0 unspecified atom stereocenters. The average molecular weight is 209 g/mol. The maximum Gasteiger partial charge on any atom is 0.228 e. The zero-order valence-electron chi connectivity index (χ0n) is 8.82. The fourth-order valence-electron chi connectivity index (χ4n) is 1.68. The molecule has 2 rings (SSSR count). The van der Waals surface area contributed by atoms with E-state index in [0.29, 0.717) is 6.42 Å². The van der Waals surface area contributed by atoms with E-state index < -0.39 is 0 Å². The van der Waals surface area contributed by atoms with Gasteiger partial charge < -0.3 is 14.7 Å². The summed E-state index contributed by atoms with van der Waals surface area (Å²) in [6.45, 7) is 5.16. The summed E-state index contributed by atoms with van der Waals surface area (Å²) in [5.41, 5.74) is 0.719. The van der Waals surface area contributed by atoms with Crippen LogP contribution in [0.15, 0.2) is 10.6 Å². The van der Waals surface area contributed by atoms with Gasteiger partial charge in [-0.05, 0) is 6.92 Å². The fraction of sp³-hybridized carbons (Fsp3) is 0.600. The smallest absolute Gasteiger partial charge is 0.228 e. The molecular formula is C10H15N3O2. The average Bonchev–Trinajstić information content (AvgIpc) is 2.65. The Morgan fingerprint density at radius 1 is 1.60 bits per heavy atom. The molecule has 1 fully saturated rings. The second kappa shape index (κ2) is 4.44. The lowest BCUT2D eigenvalue weighted by molar-refractivity contribution is -0.131. The van der Waals surface area contributed by atoms with Crippen LogP contribution >= 0.6 is 0 Å². The third kappa shape index (κ3) is 2.56. The highest BCUT2D eigenvalue weighted by atomic mass is 16.5. The lowest BCUT2D eigenvalue weighted by atomic mass is 10.2. The van der Waals surface area contributed by atoms with Gasteiger partial charge in [0.2, 0.25) is 5.91 Å². The highest BCUT2D eigenvalue weighted by molar-refractivity contribution is 5.78. The van der Waals surface area contributed by atoms with E-state index in [-0.39, 0.29) is 5.91 Å². The maximum atomic E-state index is 11.8. The summed E-state index contributed by atoms with van der Waals surface area (Å²) in [7, 11) is 0. The molecule has 1 aliphatic heterocycles. The Morgan fingerprint density at radius 3 is 2.93 bits per heavy atom. The molecule has 2 heterocycles. The van der Waals surface area contributed by atoms with Crippen molar-refractivity contribution >= 4 is 5.91 Å². The summed E-state index contributed by atoms with van der Waals surface area (Å²) in [6.07, 6.45) is 0.345. The maximum absolute atomic E-state index is 11.8. The molecule has 1 aliphatic rings. The van der Waals surface area contributed by atoms with Crippen molar-refractivity contribution < 1.29 is 9.32 Å². The van der Waals surface area contributed by atoms with Gasteiger partial charge in [0.1, 0.15) is 5.76 Å². The Labute approximate surface area is 88.4 Å². The van der Waals surface area contributed by atoms with Crippen molar-refractivity contribution in [1.29, 1.82) is 0 Å². The second-order valence-electron chi connectivity index (χ2n) is 3.74. The topological polar surface area (TPSA) is 58.4 Å². The number of carbonyl (C=O) groups excluding carboxylic acids is 1. The molecule has 0 saturated carbocycles. The van der Waals surface area contributed by atoms with Gasteiger partial charge in [0.15, 0.2) is 0 Å². The zero-order valence-corrected chi connectivity index (χ0v) is 8.82. The Kier molecular flexibility index (Phi) is 3.01. The van der Waals surface area contributed by atoms with Crippen LogP contribution in [0.3, 0.4) is 0 Å². The van der Waals surface area contributed by atoms with Gasteiger partial charge in [0, 0.05) is 32.2 Å². The van der Waals surface area contributed by atoms with Gasteiger partial charge in [-0.1, -0.05) is 5.16 Å². The molecule has 0 atom stereocenters. The van der Waals surface area contributed by atoms with Crippen molar-refractivity contribution in [2.75, 3.05) is 26.2 Å². The molecule has 1 saturated heterocycles. The molecule has 0 aliphatic carbocycles. The Morgan fingerprint density at radius 2 is 2.33 bits per heavy atom. The van der Waals surface area contributed by atoms with Crippen LogP contribution in [0.5, 0.6) is 0 Å². The van der Waals surface area contributed by atoms with Gasteiger partial charge in [-0.15, -0.1) is 0 Å². The van der Waals surface area contributed by atoms with Crippen molar-refractivity contribution in [2.45, 2.75) is 13.3 Å². The van der Waals surface area contributed by atoms with Crippen molar-refractivity contribution in [3.8, 4) is 0 Å². The zero-order chi connectivity index (χ0) is 10.7. The first-order valence-electron chi connectivity index (χ1n) is 5.16. The SMILES string of the molecule is Cc1cc(CC(=O)N2CCNCC2)no1. The number of rotatable bonds is 2. The highest BCUT2D eigenvalue weighted by Crippen LogP contribution is 2.05. The summed E-state index contributed by atoms with van der Waals surface area (Å²) in [5.74, 6) is 0.878. The Bertz CT molecular complexity index is 342. The van der Waals surface area contributed by atoms with Gasteiger partial charge >= 0.3 is 0 Å². The first-order chi connectivity index (χ1) is 7.25. The molecule has 5 nitrogen and oxygen atoms in total. The fourth-order valence-corrected chi connectivity index (χ4v) is 1.68. The second-order valence-corrected chi connectivity index (χ2v) is 3.74. The molecule has 1 aromatic heterocycles. The van der Waals surface area contributed by atoms with E-state index in [4.69, 9.17) is 4.52 Å². The molecule has 82 valence electrons. The summed E-state index contributed by atoms with van der Waals surface area (Å²) in [5, 5.41) is 7.02. The molecule has 1 aromatic rings. The van der Waals surface area contributed by atoms with E-state index in [2.05, 4.69) is 10.5 Å². The third-order valence-corrected chi connectivity index (χ3v) is 2.48. The summed E-state index contributed by atoms with van der Waals surface area (Å²) < 4.78 is 4.92. The molecule has 0 bridgehead atoms. The number of carbonyl (C=O) groups is 1. The molecule has 0 aromatic carbocycles. The predicted molar refractivity (Wildman–Crippen MR) is 54.4 cm³/mol. The van der Waals surface area contributed by atoms with Crippen molar-refractivity contribution in [1.82, 2.24) is 15.4 Å². The number of nitrogens with one attached hydrogen (secondary N) is 1. The van der Waals surface area contributed by atoms with Crippen LogP contribution in [0.25, 0.3) is 0 Å². The molecule has 1 amide bonds. The van der Waals surface area contributed by atoms with Crippen molar-refractivity contribution in [3.05, 3.63) is 17.5 Å². The van der Waals surface area contributed by atoms with E-state index in [1.165, 1.54) is 0 Å². The van der Waals surface area contributed by atoms with E-state index in [1.54, 1.807) is 6.07 Å². The van der Waals surface area contributed by atoms with Crippen LogP contribution in [0.1, 0.15) is 11.5 Å². The first kappa shape index (κ1) is 10.2. The van der Waals surface area contributed by atoms with Crippen molar-refractivity contribution in [2.24, 2.45) is 0 Å². The molecule has 5 heteroatoms. The van der Waals surface area contributed by atoms with Crippen LogP contribution < -0.4 is 5.32 Å². The monoisotopic (exact) mass is 209 g/mol. The molecule has 0 radical (unpaired) electrons. The first-order valence-corrected chi connectivity index (χ1v) is 5.16. The van der Waals surface area contributed by atoms with Crippen LogP contribution in [-0.2, 0) is 11.2 Å². The Hall–Kier alpha value is -1.36. The lowest BCUT2D eigenvalue weighted by Crippen LogP contribution is -2.46. The normalized spacial score (nSPS) is 16.7. The summed E-state index contributed by atoms with van der Waals surface area (Å²) >= 11 is 0. The van der Waals surface area contributed by atoms with Gasteiger partial charge in [-0.25, -0.2) is 0 Å². The minimum Gasteiger partial charge on any atom is -0.361 e. The number of aromatic nitrogens is 1. The largest absolute Gasteiger partial charge is 0.361 e. The number of hydrogen-bond donors (Lipinski definition) is 1. The van der Waals surface area contributed by atoms with Crippen LogP contribution in [0, 0.1) is 6.92 Å². The van der Waals surface area contributed by atoms with Gasteiger partial charge in [-0.2, -0.15) is 0 Å². The third-order valence-electron chi connectivity index (χ3n) is 2.48. The van der Waals surface area contributed by atoms with Gasteiger partial charge in [-0.3, -0.25) is 4.79 Å². The quantitative estimate of drug-likeness (QED) is 0.742. The number of aryl methyl sites for hydroxylation is 1. The van der Waals surface area contributed by atoms with Crippen LogP contribution in [0.4, 0.5) is 0 Å². The lowest BCUT2D eigenvalue weighted by Gasteiger charge is -2.27. The molecule has 15 heavy (non-hydrogen) atoms. The standard InChI is InChI=1S/C10H15N3O2/c1-8-6-9(12-15-8)7-10(14)13-4-2-11-3-5-13/h6,11H,2-5,7H2,1H3. The number of hydrogen-bond acceptors (Lipinski definition) is 4. The Balaban J connectivity index is 1.91. The van der Waals surface area contributed by atoms with E-state index in [0.717, 1.165) is 37.6 Å². The summed E-state index contributed by atoms with van der Waals surface area (Å²) in [4.78, 5) is 13.7. The van der Waals surface area contributed by atoms with E-state index in [1.807, 2.05) is 11.8 Å². The highest BCUT2D eigenvalue weighted by Gasteiger charge is 2.17. The number of nitrogens with zero attached hydrogens (tertiary/aromatic N) is 2. The number of piperazine rings is 1.